The van der Waals surface area contributed by atoms with E-state index in [1.54, 1.807) is 62.4 Å². The number of rotatable bonds is 35. The third-order valence-corrected chi connectivity index (χ3v) is 17.7. The van der Waals surface area contributed by atoms with Crippen molar-refractivity contribution in [3.63, 3.8) is 0 Å². The summed E-state index contributed by atoms with van der Waals surface area (Å²) < 4.78 is 95.6. The number of imide groups is 1. The van der Waals surface area contributed by atoms with Crippen molar-refractivity contribution in [2.24, 2.45) is 11.8 Å². The first-order valence-corrected chi connectivity index (χ1v) is 35.1. The standard InChI is InChI=1S/C64H79N13O24P2/c1-38(2)53(71-48(78)16-19-90-21-23-92-25-27-94-28-26-93-24-22-91-20-18-66-49(79)32-76-51(80)13-14-52(76)81)60(85)69-39(3)58(83)70-43-11-9-40(10-12-43)33-95-64(87)75(4)31-41-7-5-6-8-45(41)59(84)73-63-72-57-54(61(86)74-63)68-37-77(57)62-56-55(82)47(99-62)35-97-102(88)100-46-30-44(98-50-15-17-65-36-67-50)29-42(46)34-96-103(89)101-56/h5-15,17,36-39,42,44,46-47,53,55-56,62,82H,16,18-35H2,1-4H3,(H4-2,66,69,70,71,72,73,74,78,79,83,84,85,86)/p+2/t39-,42+,44+,46-,47+,53-,55+,56+,62+/m0/s1. The number of nitrogens with one attached hydrogen (secondary N) is 6. The largest absolute Gasteiger partial charge is 0.697 e. The lowest BCUT2D eigenvalue weighted by Crippen LogP contribution is -2.53. The van der Waals surface area contributed by atoms with E-state index in [1.807, 2.05) is 0 Å². The molecule has 554 valence electrons. The molecule has 1 saturated carbocycles. The van der Waals surface area contributed by atoms with Gasteiger partial charge in [-0.2, -0.15) is 4.98 Å². The van der Waals surface area contributed by atoms with Crippen molar-refractivity contribution < 1.29 is 109 Å². The van der Waals surface area contributed by atoms with Crippen LogP contribution in [0.1, 0.15) is 67.7 Å². The smallest absolute Gasteiger partial charge is 0.474 e. The summed E-state index contributed by atoms with van der Waals surface area (Å²) in [7, 11) is -4.27. The van der Waals surface area contributed by atoms with Crippen molar-refractivity contribution in [2.75, 3.05) is 110 Å². The molecule has 9 rings (SSSR count). The molecule has 11 atom stereocenters. The van der Waals surface area contributed by atoms with Gasteiger partial charge in [-0.3, -0.25) is 58.1 Å². The third kappa shape index (κ3) is 23.2. The van der Waals surface area contributed by atoms with Crippen LogP contribution in [0.15, 0.2) is 90.4 Å². The van der Waals surface area contributed by atoms with Crippen LogP contribution in [0.5, 0.6) is 5.88 Å². The quantitative estimate of drug-likeness (QED) is 0.0174. The lowest BCUT2D eigenvalue weighted by atomic mass is 10.0. The maximum absolute atomic E-state index is 14.0. The van der Waals surface area contributed by atoms with Crippen molar-refractivity contribution in [1.82, 2.24) is 55.2 Å². The van der Waals surface area contributed by atoms with Crippen molar-refractivity contribution >= 4 is 86.8 Å². The second kappa shape index (κ2) is 39.0. The number of carbonyl (C=O) groups is 8. The molecule has 103 heavy (non-hydrogen) atoms. The van der Waals surface area contributed by atoms with Crippen LogP contribution in [0.3, 0.4) is 0 Å². The third-order valence-electron chi connectivity index (χ3n) is 16.2. The number of hydrogen-bond donors (Lipinski definition) is 7. The topological polar surface area (TPSA) is 458 Å². The lowest BCUT2D eigenvalue weighted by Gasteiger charge is -2.24. The van der Waals surface area contributed by atoms with Gasteiger partial charge in [0.25, 0.3) is 23.3 Å². The van der Waals surface area contributed by atoms with Crippen molar-refractivity contribution in [2.45, 2.75) is 102 Å². The molecule has 3 aromatic heterocycles. The fraction of sp³-hybridized carbons (Fsp3) is 0.516. The average molecular weight is 1480 g/mol. The van der Waals surface area contributed by atoms with E-state index in [1.165, 1.54) is 48.4 Å². The molecular formula is C64H81N13O24P2+2. The Labute approximate surface area is 590 Å². The van der Waals surface area contributed by atoms with E-state index in [9.17, 15) is 57.4 Å². The van der Waals surface area contributed by atoms with Crippen LogP contribution in [0.4, 0.5) is 16.4 Å². The minimum absolute atomic E-state index is 0.0313. The van der Waals surface area contributed by atoms with E-state index in [0.717, 1.165) is 17.1 Å². The predicted molar refractivity (Wildman–Crippen MR) is 357 cm³/mol. The average Bonchev–Trinajstić information content (AvgIpc) is 1.62. The predicted octanol–water partition coefficient (Wildman–Crippen LogP) is 2.28. The van der Waals surface area contributed by atoms with Gasteiger partial charge in [0.15, 0.2) is 23.5 Å². The molecule has 3 fully saturated rings. The summed E-state index contributed by atoms with van der Waals surface area (Å²) in [6.45, 7) is 6.56. The number of H-pyrrole nitrogens is 1. The molecule has 2 aromatic carbocycles. The number of aromatic nitrogens is 6. The summed E-state index contributed by atoms with van der Waals surface area (Å²) in [5.74, 6) is -4.60. The number of anilines is 2. The second-order valence-corrected chi connectivity index (χ2v) is 25.9. The monoisotopic (exact) mass is 1480 g/mol. The Morgan fingerprint density at radius 2 is 1.43 bits per heavy atom. The summed E-state index contributed by atoms with van der Waals surface area (Å²) in [5.41, 5.74) is 0.288. The van der Waals surface area contributed by atoms with Crippen LogP contribution in [0.25, 0.3) is 11.2 Å². The number of ether oxygens (including phenoxy) is 8. The molecule has 6 heterocycles. The van der Waals surface area contributed by atoms with Gasteiger partial charge in [-0.25, -0.2) is 19.7 Å². The first-order chi connectivity index (χ1) is 49.7. The van der Waals surface area contributed by atoms with Gasteiger partial charge in [0.2, 0.25) is 35.5 Å². The first-order valence-electron chi connectivity index (χ1n) is 32.9. The molecule has 7 N–H and O–H groups in total. The van der Waals surface area contributed by atoms with E-state index in [0.29, 0.717) is 68.8 Å². The number of nitrogens with zero attached hydrogens (tertiary/aromatic N) is 7. The van der Waals surface area contributed by atoms with Crippen LogP contribution in [0, 0.1) is 11.8 Å². The summed E-state index contributed by atoms with van der Waals surface area (Å²) in [6, 6.07) is 12.4. The molecule has 39 heteroatoms. The zero-order valence-electron chi connectivity index (χ0n) is 56.7. The zero-order valence-corrected chi connectivity index (χ0v) is 58.4. The molecule has 2 unspecified atom stereocenters. The Morgan fingerprint density at radius 3 is 2.12 bits per heavy atom. The minimum atomic E-state index is -2.95. The van der Waals surface area contributed by atoms with E-state index in [-0.39, 0.29) is 101 Å². The van der Waals surface area contributed by atoms with Crippen LogP contribution in [0.2, 0.25) is 0 Å². The van der Waals surface area contributed by atoms with Gasteiger partial charge in [-0.15, -0.1) is 18.1 Å². The molecule has 37 nitrogen and oxygen atoms in total. The lowest BCUT2D eigenvalue weighted by molar-refractivity contribution is -0.141. The molecule has 4 aliphatic rings. The van der Waals surface area contributed by atoms with Crippen LogP contribution < -0.4 is 36.9 Å². The SMILES string of the molecule is CC(C)[C@H](NC(=O)CCOCCOCCOCCOCCOCCNC(=O)CN1C(=O)C=CC1=O)C(=O)N[C@@H](C)C(=O)Nc1ccc(COC(=O)N(C)Cc2ccccc2C(=O)Nc2nc3c(ncn3[C@@H]3O[C@@H]4CO[P+](=O)O[C@H]5C[C@H](Oc6ccncn6)C[C@@H]5CO[P+](=O)O[C@@H]3[C@@H]4O)c(=O)[nH]2)cc1. The van der Waals surface area contributed by atoms with Gasteiger partial charge in [0.05, 0.1) is 72.4 Å². The van der Waals surface area contributed by atoms with Gasteiger partial charge in [0, 0.05) is 83.7 Å². The number of aliphatic hydroxyl groups excluding tert-OH is 1. The maximum Gasteiger partial charge on any atom is 0.697 e. The van der Waals surface area contributed by atoms with Gasteiger partial charge in [-0.1, -0.05) is 44.2 Å². The molecule has 2 bridgehead atoms. The zero-order chi connectivity index (χ0) is 73.4. The van der Waals surface area contributed by atoms with Crippen molar-refractivity contribution in [3.8, 4) is 5.88 Å². The normalized spacial score (nSPS) is 21.0. The van der Waals surface area contributed by atoms with Crippen molar-refractivity contribution in [1.29, 1.82) is 0 Å². The van der Waals surface area contributed by atoms with Crippen LogP contribution in [-0.4, -0.2) is 234 Å². The summed E-state index contributed by atoms with van der Waals surface area (Å²) in [6.07, 6.45) is -0.660. The van der Waals surface area contributed by atoms with E-state index < -0.39 is 131 Å². The van der Waals surface area contributed by atoms with E-state index in [4.69, 9.17) is 56.0 Å². The number of carbonyl (C=O) groups excluding carboxylic acids is 8. The molecule has 2 saturated heterocycles. The number of imidazole rings is 1. The number of aromatic amines is 1. The fourth-order valence-electron chi connectivity index (χ4n) is 10.8. The van der Waals surface area contributed by atoms with Gasteiger partial charge < -0.3 is 69.2 Å². The number of benzene rings is 2. The van der Waals surface area contributed by atoms with E-state index >= 15 is 0 Å². The molecule has 5 aromatic rings. The molecular weight excluding hydrogens is 1400 g/mol. The van der Waals surface area contributed by atoms with Crippen LogP contribution >= 0.6 is 16.5 Å². The molecule has 8 amide bonds. The maximum atomic E-state index is 14.0. The summed E-state index contributed by atoms with van der Waals surface area (Å²) >= 11 is 0. The highest BCUT2D eigenvalue weighted by Gasteiger charge is 2.54. The van der Waals surface area contributed by atoms with Crippen molar-refractivity contribution in [3.05, 3.63) is 113 Å². The van der Waals surface area contributed by atoms with Gasteiger partial charge >= 0.3 is 22.6 Å². The highest BCUT2D eigenvalue weighted by atomic mass is 31.1. The Bertz CT molecular complexity index is 3850. The van der Waals surface area contributed by atoms with Crippen LogP contribution in [-0.2, 0) is 102 Å². The molecule has 0 spiro atoms. The van der Waals surface area contributed by atoms with E-state index in [2.05, 4.69) is 51.5 Å². The number of amides is 8. The minimum Gasteiger partial charge on any atom is -0.474 e. The fourth-order valence-corrected chi connectivity index (χ4v) is 12.4. The Kier molecular flexibility index (Phi) is 29.6. The molecule has 0 radical (unpaired) electrons. The van der Waals surface area contributed by atoms with Gasteiger partial charge in [0.1, 0.15) is 69.2 Å². The highest BCUT2D eigenvalue weighted by molar-refractivity contribution is 7.33. The molecule has 3 aliphatic heterocycles. The summed E-state index contributed by atoms with van der Waals surface area (Å²) in [4.78, 5) is 136. The highest BCUT2D eigenvalue weighted by Crippen LogP contribution is 2.45. The number of aliphatic hydroxyl groups is 1. The Hall–Kier alpha value is -9.07. The number of fused-ring (bicyclic) bond motifs is 4. The summed E-state index contributed by atoms with van der Waals surface area (Å²) in [5, 5.41) is 24.7. The second-order valence-electron chi connectivity index (χ2n) is 24.1. The Balaban J connectivity index is 0.647. The Morgan fingerprint density at radius 1 is 0.757 bits per heavy atom. The first kappa shape index (κ1) is 78.1. The van der Waals surface area contributed by atoms with Gasteiger partial charge in [-0.05, 0) is 48.6 Å². The molecule has 1 aliphatic carbocycles. The number of hydrogen-bond acceptors (Lipinski definition) is 28.